The molecule has 0 aromatic heterocycles. The average Bonchev–Trinajstić information content (AvgIpc) is 2.37. The second-order valence-corrected chi connectivity index (χ2v) is 4.44. The smallest absolute Gasteiger partial charge is 0.224 e. The van der Waals surface area contributed by atoms with E-state index in [2.05, 4.69) is 0 Å². The van der Waals surface area contributed by atoms with Gasteiger partial charge in [-0.1, -0.05) is 0 Å². The van der Waals surface area contributed by atoms with Crippen LogP contribution in [0, 0.1) is 0 Å². The zero-order chi connectivity index (χ0) is 12.7. The highest BCUT2D eigenvalue weighted by molar-refractivity contribution is 5.76. The molecule has 0 aliphatic carbocycles. The highest BCUT2D eigenvalue weighted by Gasteiger charge is 2.35. The number of likely N-dealkylation sites (tertiary alicyclic amines) is 1. The number of methoxy groups -OCH3 is 1. The number of ether oxygens (including phenoxy) is 2. The molecule has 2 N–H and O–H groups in total. The van der Waals surface area contributed by atoms with E-state index in [1.54, 1.807) is 7.11 Å². The van der Waals surface area contributed by atoms with Gasteiger partial charge in [0, 0.05) is 33.4 Å². The van der Waals surface area contributed by atoms with Gasteiger partial charge < -0.3 is 20.1 Å². The number of piperidine rings is 1. The number of nitrogens with two attached hydrogens (primary N) is 1. The molecule has 0 atom stereocenters. The van der Waals surface area contributed by atoms with E-state index in [0.717, 1.165) is 25.9 Å². The number of carbonyl (C=O) groups excluding carboxylic acids is 1. The third kappa shape index (κ3) is 3.94. The van der Waals surface area contributed by atoms with Gasteiger partial charge in [-0.2, -0.15) is 0 Å². The van der Waals surface area contributed by atoms with Crippen molar-refractivity contribution in [2.24, 2.45) is 5.73 Å². The molecule has 0 aromatic rings. The van der Waals surface area contributed by atoms with Crippen molar-refractivity contribution in [3.05, 3.63) is 0 Å². The lowest BCUT2D eigenvalue weighted by Gasteiger charge is -2.40. The van der Waals surface area contributed by atoms with Crippen molar-refractivity contribution < 1.29 is 14.3 Å². The van der Waals surface area contributed by atoms with Crippen molar-refractivity contribution in [1.82, 2.24) is 4.90 Å². The van der Waals surface area contributed by atoms with Crippen molar-refractivity contribution in [3.8, 4) is 0 Å². The van der Waals surface area contributed by atoms with Crippen molar-refractivity contribution in [3.63, 3.8) is 0 Å². The molecule has 0 radical (unpaired) electrons. The molecule has 5 heteroatoms. The molecule has 5 nitrogen and oxygen atoms in total. The normalized spacial score (nSPS) is 19.4. The SMILES string of the molecule is CCOC1(CN)CCN(C(=O)CCOC)CC1. The molecule has 100 valence electrons. The van der Waals surface area contributed by atoms with Gasteiger partial charge in [0.15, 0.2) is 0 Å². The maximum atomic E-state index is 11.8. The Hall–Kier alpha value is -0.650. The lowest BCUT2D eigenvalue weighted by atomic mass is 9.91. The number of hydrogen-bond donors (Lipinski definition) is 1. The summed E-state index contributed by atoms with van der Waals surface area (Å²) in [5.41, 5.74) is 5.56. The number of hydrogen-bond acceptors (Lipinski definition) is 4. The first-order valence-corrected chi connectivity index (χ1v) is 6.28. The number of nitrogens with zero attached hydrogens (tertiary/aromatic N) is 1. The summed E-state index contributed by atoms with van der Waals surface area (Å²) < 4.78 is 10.7. The van der Waals surface area contributed by atoms with Crippen LogP contribution in [0.3, 0.4) is 0 Å². The van der Waals surface area contributed by atoms with Gasteiger partial charge >= 0.3 is 0 Å². The summed E-state index contributed by atoms with van der Waals surface area (Å²) in [7, 11) is 1.61. The van der Waals surface area contributed by atoms with Crippen LogP contribution in [-0.2, 0) is 14.3 Å². The topological polar surface area (TPSA) is 64.8 Å². The van der Waals surface area contributed by atoms with Gasteiger partial charge in [-0.25, -0.2) is 0 Å². The van der Waals surface area contributed by atoms with Crippen LogP contribution in [0.5, 0.6) is 0 Å². The second-order valence-electron chi connectivity index (χ2n) is 4.44. The zero-order valence-electron chi connectivity index (χ0n) is 10.9. The van der Waals surface area contributed by atoms with Crippen LogP contribution in [0.2, 0.25) is 0 Å². The van der Waals surface area contributed by atoms with E-state index < -0.39 is 0 Å². The van der Waals surface area contributed by atoms with Crippen molar-refractivity contribution in [2.45, 2.75) is 31.8 Å². The predicted octanol–water partition coefficient (Wildman–Crippen LogP) is 0.379. The van der Waals surface area contributed by atoms with Gasteiger partial charge in [-0.3, -0.25) is 4.79 Å². The summed E-state index contributed by atoms with van der Waals surface area (Å²) in [6.45, 7) is 5.14. The summed E-state index contributed by atoms with van der Waals surface area (Å²) >= 11 is 0. The van der Waals surface area contributed by atoms with Gasteiger partial charge in [0.1, 0.15) is 0 Å². The molecule has 1 rings (SSSR count). The van der Waals surface area contributed by atoms with E-state index in [1.807, 2.05) is 11.8 Å². The predicted molar refractivity (Wildman–Crippen MR) is 65.7 cm³/mol. The monoisotopic (exact) mass is 244 g/mol. The van der Waals surface area contributed by atoms with Gasteiger partial charge in [-0.15, -0.1) is 0 Å². The Kier molecular flexibility index (Phi) is 5.88. The van der Waals surface area contributed by atoms with Crippen LogP contribution < -0.4 is 5.73 Å². The van der Waals surface area contributed by atoms with E-state index in [4.69, 9.17) is 15.2 Å². The van der Waals surface area contributed by atoms with Crippen molar-refractivity contribution in [1.29, 1.82) is 0 Å². The lowest BCUT2D eigenvalue weighted by molar-refractivity contribution is -0.138. The molecule has 0 saturated carbocycles. The molecule has 1 aliphatic heterocycles. The maximum absolute atomic E-state index is 11.8. The maximum Gasteiger partial charge on any atom is 0.224 e. The molecule has 1 saturated heterocycles. The molecule has 17 heavy (non-hydrogen) atoms. The Balaban J connectivity index is 2.41. The molecule has 1 fully saturated rings. The molecule has 0 bridgehead atoms. The minimum absolute atomic E-state index is 0.161. The molecule has 0 aromatic carbocycles. The highest BCUT2D eigenvalue weighted by Crippen LogP contribution is 2.25. The Bertz CT molecular complexity index is 238. The molecular weight excluding hydrogens is 220 g/mol. The minimum atomic E-state index is -0.215. The molecule has 0 spiro atoms. The van der Waals surface area contributed by atoms with E-state index in [9.17, 15) is 4.79 Å². The van der Waals surface area contributed by atoms with Crippen LogP contribution >= 0.6 is 0 Å². The quantitative estimate of drug-likeness (QED) is 0.733. The summed E-state index contributed by atoms with van der Waals surface area (Å²) in [5.74, 6) is 0.161. The number of rotatable bonds is 6. The largest absolute Gasteiger partial charge is 0.384 e. The molecule has 0 unspecified atom stereocenters. The first-order chi connectivity index (χ1) is 8.17. The third-order valence-corrected chi connectivity index (χ3v) is 3.37. The fourth-order valence-electron chi connectivity index (χ4n) is 2.22. The summed E-state index contributed by atoms with van der Waals surface area (Å²) in [5, 5.41) is 0. The molecule has 1 heterocycles. The van der Waals surface area contributed by atoms with Crippen molar-refractivity contribution >= 4 is 5.91 Å². The summed E-state index contributed by atoms with van der Waals surface area (Å²) in [4.78, 5) is 13.7. The molecular formula is C12H24N2O3. The third-order valence-electron chi connectivity index (χ3n) is 3.37. The van der Waals surface area contributed by atoms with Gasteiger partial charge in [0.25, 0.3) is 0 Å². The van der Waals surface area contributed by atoms with Gasteiger partial charge in [0.2, 0.25) is 5.91 Å². The summed E-state index contributed by atoms with van der Waals surface area (Å²) in [6, 6.07) is 0. The highest BCUT2D eigenvalue weighted by atomic mass is 16.5. The first-order valence-electron chi connectivity index (χ1n) is 6.28. The van der Waals surface area contributed by atoms with Crippen molar-refractivity contribution in [2.75, 3.05) is 40.0 Å². The Labute approximate surface area is 103 Å². The fraction of sp³-hybridized carbons (Fsp3) is 0.917. The Morgan fingerprint density at radius 2 is 2.06 bits per heavy atom. The van der Waals surface area contributed by atoms with Gasteiger partial charge in [0.05, 0.1) is 18.6 Å². The lowest BCUT2D eigenvalue weighted by Crippen LogP contribution is -2.52. The van der Waals surface area contributed by atoms with Crippen LogP contribution in [0.1, 0.15) is 26.2 Å². The standard InChI is InChI=1S/C12H24N2O3/c1-3-17-12(10-13)5-7-14(8-6-12)11(15)4-9-16-2/h3-10,13H2,1-2H3. The van der Waals surface area contributed by atoms with E-state index in [0.29, 0.717) is 26.2 Å². The molecule has 1 amide bonds. The number of carbonyl (C=O) groups is 1. The Morgan fingerprint density at radius 3 is 2.53 bits per heavy atom. The van der Waals surface area contributed by atoms with E-state index in [1.165, 1.54) is 0 Å². The van der Waals surface area contributed by atoms with Crippen LogP contribution in [-0.4, -0.2) is 56.4 Å². The van der Waals surface area contributed by atoms with Crippen LogP contribution in [0.25, 0.3) is 0 Å². The van der Waals surface area contributed by atoms with Gasteiger partial charge in [-0.05, 0) is 19.8 Å². The molecule has 1 aliphatic rings. The van der Waals surface area contributed by atoms with Crippen LogP contribution in [0.4, 0.5) is 0 Å². The first kappa shape index (κ1) is 14.4. The van der Waals surface area contributed by atoms with E-state index >= 15 is 0 Å². The zero-order valence-corrected chi connectivity index (χ0v) is 10.9. The summed E-state index contributed by atoms with van der Waals surface area (Å²) in [6.07, 6.45) is 2.12. The van der Waals surface area contributed by atoms with E-state index in [-0.39, 0.29) is 11.5 Å². The minimum Gasteiger partial charge on any atom is -0.384 e. The Morgan fingerprint density at radius 1 is 1.41 bits per heavy atom. The average molecular weight is 244 g/mol. The number of amides is 1. The second kappa shape index (κ2) is 6.93. The fourth-order valence-corrected chi connectivity index (χ4v) is 2.22. The van der Waals surface area contributed by atoms with Crippen LogP contribution in [0.15, 0.2) is 0 Å².